The zero-order valence-electron chi connectivity index (χ0n) is 16.3. The van der Waals surface area contributed by atoms with Crippen molar-refractivity contribution < 1.29 is 23.6 Å². The maximum Gasteiger partial charge on any atom is 0.250 e. The Morgan fingerprint density at radius 1 is 1.06 bits per heavy atom. The molecule has 4 unspecified atom stereocenters. The summed E-state index contributed by atoms with van der Waals surface area (Å²) in [5, 5.41) is 6.02. The number of halogens is 1. The summed E-state index contributed by atoms with van der Waals surface area (Å²) in [6.07, 6.45) is 0.197. The van der Waals surface area contributed by atoms with Gasteiger partial charge in [0, 0.05) is 23.7 Å². The molecule has 2 fully saturated rings. The second-order valence-electron chi connectivity index (χ2n) is 8.06. The van der Waals surface area contributed by atoms with Gasteiger partial charge in [-0.05, 0) is 36.8 Å². The number of amides is 4. The van der Waals surface area contributed by atoms with E-state index in [1.54, 1.807) is 24.3 Å². The molecule has 4 amide bonds. The molecule has 2 saturated heterocycles. The minimum absolute atomic E-state index is 0.00173. The van der Waals surface area contributed by atoms with Crippen LogP contribution >= 0.6 is 0 Å². The molecule has 0 radical (unpaired) electrons. The highest BCUT2D eigenvalue weighted by molar-refractivity contribution is 6.25. The third-order valence-electron chi connectivity index (χ3n) is 6.41. The fraction of sp³-hybridized carbons (Fsp3) is 0.273. The summed E-state index contributed by atoms with van der Waals surface area (Å²) in [7, 11) is 0. The largest absolute Gasteiger partial charge is 0.370 e. The maximum atomic E-state index is 13.6. The third kappa shape index (κ3) is 2.63. The van der Waals surface area contributed by atoms with E-state index < -0.39 is 52.9 Å². The zero-order valence-corrected chi connectivity index (χ0v) is 16.3. The Kier molecular flexibility index (Phi) is 4.19. The fourth-order valence-electron chi connectivity index (χ4n) is 5.15. The van der Waals surface area contributed by atoms with E-state index in [1.165, 1.54) is 24.3 Å². The second kappa shape index (κ2) is 6.71. The molecule has 4 N–H and O–H groups in total. The number of benzene rings is 2. The molecule has 5 rings (SSSR count). The molecule has 3 heterocycles. The van der Waals surface area contributed by atoms with Crippen molar-refractivity contribution in [3.63, 3.8) is 0 Å². The van der Waals surface area contributed by atoms with Gasteiger partial charge in [-0.25, -0.2) is 9.29 Å². The van der Waals surface area contributed by atoms with E-state index in [0.717, 1.165) is 4.90 Å². The lowest BCUT2D eigenvalue weighted by Crippen LogP contribution is -2.53. The lowest BCUT2D eigenvalue weighted by Gasteiger charge is -2.29. The standard InChI is InChI=1S/C22H19FN4O4/c23-11-5-7-12(8-6-11)27-19(29)17-15(9-10-16(24)28)26-22(18(17)20(27)30)13-3-1-2-4-14(13)25-21(22)31/h1-8,15,17-18,26H,9-10H2,(H2,24,28)(H,25,31). The summed E-state index contributed by atoms with van der Waals surface area (Å²) in [4.78, 5) is 52.6. The fourth-order valence-corrected chi connectivity index (χ4v) is 5.15. The molecule has 4 atom stereocenters. The third-order valence-corrected chi connectivity index (χ3v) is 6.41. The summed E-state index contributed by atoms with van der Waals surface area (Å²) in [6.45, 7) is 0. The molecule has 2 aromatic rings. The van der Waals surface area contributed by atoms with Crippen molar-refractivity contribution in [2.45, 2.75) is 24.4 Å². The van der Waals surface area contributed by atoms with Gasteiger partial charge < -0.3 is 11.1 Å². The number of hydrogen-bond donors (Lipinski definition) is 3. The number of primary amides is 1. The van der Waals surface area contributed by atoms with E-state index in [9.17, 15) is 23.6 Å². The number of carbonyl (C=O) groups excluding carboxylic acids is 4. The van der Waals surface area contributed by atoms with Gasteiger partial charge in [-0.1, -0.05) is 18.2 Å². The van der Waals surface area contributed by atoms with Gasteiger partial charge in [0.25, 0.3) is 0 Å². The van der Waals surface area contributed by atoms with Gasteiger partial charge in [0.2, 0.25) is 23.6 Å². The Morgan fingerprint density at radius 3 is 2.48 bits per heavy atom. The number of anilines is 2. The number of imide groups is 1. The molecule has 0 aromatic heterocycles. The van der Waals surface area contributed by atoms with Crippen molar-refractivity contribution in [2.75, 3.05) is 10.2 Å². The van der Waals surface area contributed by atoms with Crippen LogP contribution < -0.4 is 21.3 Å². The molecule has 1 spiro atoms. The van der Waals surface area contributed by atoms with Gasteiger partial charge in [-0.2, -0.15) is 0 Å². The smallest absolute Gasteiger partial charge is 0.250 e. The number of nitrogens with one attached hydrogen (secondary N) is 2. The summed E-state index contributed by atoms with van der Waals surface area (Å²) in [6, 6.07) is 11.4. The van der Waals surface area contributed by atoms with Crippen LogP contribution in [-0.2, 0) is 24.7 Å². The van der Waals surface area contributed by atoms with Crippen LogP contribution in [0.5, 0.6) is 0 Å². The van der Waals surface area contributed by atoms with Crippen LogP contribution in [0.15, 0.2) is 48.5 Å². The molecule has 3 aliphatic rings. The summed E-state index contributed by atoms with van der Waals surface area (Å²) in [5.41, 5.74) is 5.25. The zero-order chi connectivity index (χ0) is 21.9. The Balaban J connectivity index is 1.64. The van der Waals surface area contributed by atoms with Crippen molar-refractivity contribution in [1.29, 1.82) is 0 Å². The number of fused-ring (bicyclic) bond motifs is 4. The number of carbonyl (C=O) groups is 4. The van der Waals surface area contributed by atoms with Gasteiger partial charge >= 0.3 is 0 Å². The van der Waals surface area contributed by atoms with Crippen LogP contribution in [-0.4, -0.2) is 29.7 Å². The molecule has 31 heavy (non-hydrogen) atoms. The monoisotopic (exact) mass is 422 g/mol. The lowest BCUT2D eigenvalue weighted by molar-refractivity contribution is -0.130. The molecule has 0 bridgehead atoms. The molecular formula is C22H19FN4O4. The first kappa shape index (κ1) is 19.4. The van der Waals surface area contributed by atoms with Crippen molar-refractivity contribution >= 4 is 35.0 Å². The molecule has 2 aromatic carbocycles. The molecule has 9 heteroatoms. The van der Waals surface area contributed by atoms with Crippen LogP contribution in [0, 0.1) is 17.7 Å². The summed E-state index contributed by atoms with van der Waals surface area (Å²) in [5.74, 6) is -4.36. The highest BCUT2D eigenvalue weighted by Crippen LogP contribution is 2.53. The van der Waals surface area contributed by atoms with Crippen LogP contribution in [0.3, 0.4) is 0 Å². The van der Waals surface area contributed by atoms with E-state index in [-0.39, 0.29) is 18.5 Å². The first-order valence-corrected chi connectivity index (χ1v) is 9.95. The first-order valence-electron chi connectivity index (χ1n) is 9.95. The van der Waals surface area contributed by atoms with Crippen LogP contribution in [0.4, 0.5) is 15.8 Å². The minimum atomic E-state index is -1.44. The van der Waals surface area contributed by atoms with Crippen molar-refractivity contribution in [3.8, 4) is 0 Å². The number of hydrogen-bond acceptors (Lipinski definition) is 5. The molecule has 8 nitrogen and oxygen atoms in total. The number of nitrogens with two attached hydrogens (primary N) is 1. The van der Waals surface area contributed by atoms with E-state index in [0.29, 0.717) is 11.3 Å². The SMILES string of the molecule is NC(=O)CCC1NC2(C(=O)Nc3ccccc32)C2C(=O)N(c3ccc(F)cc3)C(=O)C12. The molecule has 0 aliphatic carbocycles. The van der Waals surface area contributed by atoms with Gasteiger partial charge in [-0.15, -0.1) is 0 Å². The maximum absolute atomic E-state index is 13.6. The van der Waals surface area contributed by atoms with Crippen molar-refractivity contribution in [2.24, 2.45) is 17.6 Å². The predicted octanol–water partition coefficient (Wildman–Crippen LogP) is 1.02. The molecule has 0 saturated carbocycles. The second-order valence-corrected chi connectivity index (χ2v) is 8.06. The predicted molar refractivity (Wildman–Crippen MR) is 108 cm³/mol. The number of nitrogens with zero attached hydrogens (tertiary/aromatic N) is 1. The highest BCUT2D eigenvalue weighted by atomic mass is 19.1. The molecule has 3 aliphatic heterocycles. The lowest BCUT2D eigenvalue weighted by atomic mass is 9.76. The Hall–Kier alpha value is -3.59. The quantitative estimate of drug-likeness (QED) is 0.635. The van der Waals surface area contributed by atoms with E-state index in [2.05, 4.69) is 10.6 Å². The summed E-state index contributed by atoms with van der Waals surface area (Å²) < 4.78 is 13.4. The number of rotatable bonds is 4. The van der Waals surface area contributed by atoms with Gasteiger partial charge in [0.15, 0.2) is 0 Å². The minimum Gasteiger partial charge on any atom is -0.370 e. The van der Waals surface area contributed by atoms with Gasteiger partial charge in [0.1, 0.15) is 11.4 Å². The summed E-state index contributed by atoms with van der Waals surface area (Å²) >= 11 is 0. The van der Waals surface area contributed by atoms with E-state index in [1.807, 2.05) is 0 Å². The topological polar surface area (TPSA) is 122 Å². The normalized spacial score (nSPS) is 28.7. The van der Waals surface area contributed by atoms with Crippen molar-refractivity contribution in [1.82, 2.24) is 5.32 Å². The average molecular weight is 422 g/mol. The molecule has 158 valence electrons. The van der Waals surface area contributed by atoms with Crippen LogP contribution in [0.25, 0.3) is 0 Å². The van der Waals surface area contributed by atoms with Crippen LogP contribution in [0.2, 0.25) is 0 Å². The van der Waals surface area contributed by atoms with Gasteiger partial charge in [-0.3, -0.25) is 24.5 Å². The van der Waals surface area contributed by atoms with Crippen LogP contribution in [0.1, 0.15) is 18.4 Å². The first-order chi connectivity index (χ1) is 14.8. The Morgan fingerprint density at radius 2 is 1.77 bits per heavy atom. The van der Waals surface area contributed by atoms with Gasteiger partial charge in [0.05, 0.1) is 17.5 Å². The number of para-hydroxylation sites is 1. The van der Waals surface area contributed by atoms with Crippen molar-refractivity contribution in [3.05, 3.63) is 59.9 Å². The van der Waals surface area contributed by atoms with E-state index >= 15 is 0 Å². The Bertz CT molecular complexity index is 1130. The highest BCUT2D eigenvalue weighted by Gasteiger charge is 2.70. The van der Waals surface area contributed by atoms with E-state index in [4.69, 9.17) is 5.73 Å². The average Bonchev–Trinajstić information content (AvgIpc) is 3.32. The Labute approximate surface area is 176 Å². The molecular weight excluding hydrogens is 403 g/mol.